The maximum absolute atomic E-state index is 13.9. The Morgan fingerprint density at radius 3 is 2.75 bits per heavy atom. The third-order valence-electron chi connectivity index (χ3n) is 4.82. The number of amides is 2. The van der Waals surface area contributed by atoms with E-state index < -0.39 is 0 Å². The standard InChI is InChI=1S/C19H17FN4O3S/c20-13-2-1-3-16-17(13)22-19(28-16)24-8-6-23(7-9-24)18(25)21-12-4-5-14-15(10-12)27-11-26-14/h1-5,10H,6-9,11H2,(H,21,25). The number of nitrogens with zero attached hydrogens (tertiary/aromatic N) is 3. The van der Waals surface area contributed by atoms with Crippen LogP contribution < -0.4 is 19.7 Å². The molecule has 1 N–H and O–H groups in total. The maximum Gasteiger partial charge on any atom is 0.321 e. The average molecular weight is 400 g/mol. The van der Waals surface area contributed by atoms with Gasteiger partial charge in [0.2, 0.25) is 6.79 Å². The molecule has 3 aromatic rings. The second kappa shape index (κ2) is 6.83. The van der Waals surface area contributed by atoms with E-state index in [9.17, 15) is 9.18 Å². The van der Waals surface area contributed by atoms with Crippen LogP contribution in [0.1, 0.15) is 0 Å². The first-order chi connectivity index (χ1) is 13.7. The van der Waals surface area contributed by atoms with Crippen molar-refractivity contribution in [3.8, 4) is 11.5 Å². The summed E-state index contributed by atoms with van der Waals surface area (Å²) in [5.41, 5.74) is 1.07. The van der Waals surface area contributed by atoms with Gasteiger partial charge in [0, 0.05) is 37.9 Å². The van der Waals surface area contributed by atoms with E-state index in [-0.39, 0.29) is 18.6 Å². The van der Waals surface area contributed by atoms with Crippen LogP contribution >= 0.6 is 11.3 Å². The van der Waals surface area contributed by atoms with Crippen molar-refractivity contribution in [2.24, 2.45) is 0 Å². The predicted octanol–water partition coefficient (Wildman–Crippen LogP) is 3.52. The molecule has 0 unspecified atom stereocenters. The molecule has 2 aliphatic rings. The molecule has 0 atom stereocenters. The molecule has 28 heavy (non-hydrogen) atoms. The number of anilines is 2. The van der Waals surface area contributed by atoms with Crippen LogP contribution in [0.5, 0.6) is 11.5 Å². The molecule has 7 nitrogen and oxygen atoms in total. The highest BCUT2D eigenvalue weighted by Crippen LogP contribution is 2.34. The highest BCUT2D eigenvalue weighted by Gasteiger charge is 2.24. The van der Waals surface area contributed by atoms with E-state index in [2.05, 4.69) is 15.2 Å². The lowest BCUT2D eigenvalue weighted by Crippen LogP contribution is -2.50. The first-order valence-electron chi connectivity index (χ1n) is 8.93. The number of nitrogens with one attached hydrogen (secondary N) is 1. The fraction of sp³-hybridized carbons (Fsp3) is 0.263. The van der Waals surface area contributed by atoms with Crippen LogP contribution in [0.3, 0.4) is 0 Å². The second-order valence-corrected chi connectivity index (χ2v) is 7.56. The van der Waals surface area contributed by atoms with E-state index in [1.54, 1.807) is 29.2 Å². The van der Waals surface area contributed by atoms with Gasteiger partial charge in [0.05, 0.1) is 4.70 Å². The quantitative estimate of drug-likeness (QED) is 0.713. The van der Waals surface area contributed by atoms with Crippen LogP contribution in [0.25, 0.3) is 10.2 Å². The first-order valence-corrected chi connectivity index (χ1v) is 9.74. The minimum atomic E-state index is -0.304. The van der Waals surface area contributed by atoms with Crippen molar-refractivity contribution < 1.29 is 18.7 Å². The van der Waals surface area contributed by atoms with Crippen molar-refractivity contribution >= 4 is 38.4 Å². The molecule has 3 heterocycles. The van der Waals surface area contributed by atoms with Gasteiger partial charge in [0.1, 0.15) is 11.3 Å². The van der Waals surface area contributed by atoms with Crippen LogP contribution in [-0.2, 0) is 0 Å². The summed E-state index contributed by atoms with van der Waals surface area (Å²) in [7, 11) is 0. The summed E-state index contributed by atoms with van der Waals surface area (Å²) < 4.78 is 25.3. The summed E-state index contributed by atoms with van der Waals surface area (Å²) in [5, 5.41) is 3.68. The number of carbonyl (C=O) groups is 1. The molecule has 0 aliphatic carbocycles. The lowest BCUT2D eigenvalue weighted by molar-refractivity contribution is 0.174. The Morgan fingerprint density at radius 1 is 1.11 bits per heavy atom. The number of benzene rings is 2. The summed E-state index contributed by atoms with van der Waals surface area (Å²) >= 11 is 1.47. The number of aromatic nitrogens is 1. The molecule has 5 rings (SSSR count). The Morgan fingerprint density at radius 2 is 1.93 bits per heavy atom. The van der Waals surface area contributed by atoms with Crippen LogP contribution in [0, 0.1) is 5.82 Å². The lowest BCUT2D eigenvalue weighted by Gasteiger charge is -2.34. The molecule has 0 bridgehead atoms. The molecule has 1 fully saturated rings. The molecule has 0 radical (unpaired) electrons. The Kier molecular flexibility index (Phi) is 4.16. The highest BCUT2D eigenvalue weighted by atomic mass is 32.1. The number of carbonyl (C=O) groups excluding carboxylic acids is 1. The van der Waals surface area contributed by atoms with Gasteiger partial charge in [-0.25, -0.2) is 14.2 Å². The Bertz CT molecular complexity index is 1050. The van der Waals surface area contributed by atoms with Crippen molar-refractivity contribution in [2.75, 3.05) is 43.2 Å². The normalized spacial score (nSPS) is 15.9. The summed E-state index contributed by atoms with van der Waals surface area (Å²) in [5.74, 6) is 1.01. The summed E-state index contributed by atoms with van der Waals surface area (Å²) in [6.07, 6.45) is 0. The number of hydrogen-bond donors (Lipinski definition) is 1. The van der Waals surface area contributed by atoms with Gasteiger partial charge < -0.3 is 24.6 Å². The third-order valence-corrected chi connectivity index (χ3v) is 5.90. The SMILES string of the molecule is O=C(Nc1ccc2c(c1)OCO2)N1CCN(c2nc3c(F)cccc3s2)CC1. The van der Waals surface area contributed by atoms with Gasteiger partial charge in [-0.2, -0.15) is 0 Å². The van der Waals surface area contributed by atoms with Gasteiger partial charge in [-0.1, -0.05) is 17.4 Å². The van der Waals surface area contributed by atoms with E-state index in [4.69, 9.17) is 9.47 Å². The van der Waals surface area contributed by atoms with Gasteiger partial charge in [-0.15, -0.1) is 0 Å². The third kappa shape index (κ3) is 3.07. The smallest absolute Gasteiger partial charge is 0.321 e. The molecule has 0 spiro atoms. The van der Waals surface area contributed by atoms with Crippen molar-refractivity contribution in [2.45, 2.75) is 0 Å². The number of hydrogen-bond acceptors (Lipinski definition) is 6. The summed E-state index contributed by atoms with van der Waals surface area (Å²) in [6.45, 7) is 2.62. The van der Waals surface area contributed by atoms with E-state index in [1.807, 2.05) is 6.07 Å². The molecule has 1 aromatic heterocycles. The van der Waals surface area contributed by atoms with Gasteiger partial charge in [0.15, 0.2) is 16.6 Å². The molecule has 9 heteroatoms. The van der Waals surface area contributed by atoms with E-state index in [0.717, 1.165) is 9.83 Å². The number of thiazole rings is 1. The van der Waals surface area contributed by atoms with Crippen LogP contribution in [0.4, 0.5) is 20.0 Å². The minimum Gasteiger partial charge on any atom is -0.454 e. The monoisotopic (exact) mass is 400 g/mol. The maximum atomic E-state index is 13.9. The van der Waals surface area contributed by atoms with Crippen LogP contribution in [0.15, 0.2) is 36.4 Å². The van der Waals surface area contributed by atoms with E-state index in [0.29, 0.717) is 48.9 Å². The van der Waals surface area contributed by atoms with Gasteiger partial charge >= 0.3 is 6.03 Å². The van der Waals surface area contributed by atoms with E-state index >= 15 is 0 Å². The molecule has 144 valence electrons. The van der Waals surface area contributed by atoms with Crippen molar-refractivity contribution in [1.82, 2.24) is 9.88 Å². The number of urea groups is 1. The number of rotatable bonds is 2. The van der Waals surface area contributed by atoms with Crippen molar-refractivity contribution in [3.05, 3.63) is 42.2 Å². The number of halogens is 1. The lowest BCUT2D eigenvalue weighted by atomic mass is 10.3. The Balaban J connectivity index is 1.22. The molecular formula is C19H17FN4O3S. The van der Waals surface area contributed by atoms with E-state index in [1.165, 1.54) is 17.4 Å². The zero-order valence-corrected chi connectivity index (χ0v) is 15.7. The Labute approximate surface area is 164 Å². The molecule has 2 aromatic carbocycles. The van der Waals surface area contributed by atoms with Crippen molar-refractivity contribution in [3.63, 3.8) is 0 Å². The fourth-order valence-electron chi connectivity index (χ4n) is 3.32. The predicted molar refractivity (Wildman–Crippen MR) is 105 cm³/mol. The zero-order chi connectivity index (χ0) is 19.1. The number of para-hydroxylation sites is 1. The topological polar surface area (TPSA) is 66.9 Å². The van der Waals surface area contributed by atoms with Gasteiger partial charge in [-0.3, -0.25) is 0 Å². The molecule has 0 saturated carbocycles. The minimum absolute atomic E-state index is 0.158. The molecule has 2 aliphatic heterocycles. The largest absolute Gasteiger partial charge is 0.454 e. The second-order valence-electron chi connectivity index (χ2n) is 6.56. The molecular weight excluding hydrogens is 383 g/mol. The zero-order valence-electron chi connectivity index (χ0n) is 14.9. The fourth-order valence-corrected chi connectivity index (χ4v) is 4.35. The summed E-state index contributed by atoms with van der Waals surface area (Å²) in [4.78, 5) is 20.8. The van der Waals surface area contributed by atoms with Gasteiger partial charge in [0.25, 0.3) is 0 Å². The number of fused-ring (bicyclic) bond motifs is 2. The first kappa shape index (κ1) is 17.1. The molecule has 1 saturated heterocycles. The molecule has 2 amide bonds. The van der Waals surface area contributed by atoms with Crippen LogP contribution in [0.2, 0.25) is 0 Å². The summed E-state index contributed by atoms with van der Waals surface area (Å²) in [6, 6.07) is 10.1. The number of piperazine rings is 1. The van der Waals surface area contributed by atoms with Crippen molar-refractivity contribution in [1.29, 1.82) is 0 Å². The van der Waals surface area contributed by atoms with Crippen LogP contribution in [-0.4, -0.2) is 48.9 Å². The average Bonchev–Trinajstić information content (AvgIpc) is 3.35. The number of ether oxygens (including phenoxy) is 2. The Hall–Kier alpha value is -3.07. The highest BCUT2D eigenvalue weighted by molar-refractivity contribution is 7.22. The van der Waals surface area contributed by atoms with Gasteiger partial charge in [-0.05, 0) is 24.3 Å².